The Morgan fingerprint density at radius 1 is 1.25 bits per heavy atom. The predicted molar refractivity (Wildman–Crippen MR) is 78.4 cm³/mol. The predicted octanol–water partition coefficient (Wildman–Crippen LogP) is 3.87. The molecule has 0 atom stereocenters. The van der Waals surface area contributed by atoms with Crippen molar-refractivity contribution in [2.45, 2.75) is 6.54 Å². The van der Waals surface area contributed by atoms with Gasteiger partial charge in [-0.15, -0.1) is 0 Å². The number of nitro benzene ring substituents is 1. The first-order valence-electron chi connectivity index (χ1n) is 5.91. The molecule has 0 fully saturated rings. The van der Waals surface area contributed by atoms with Crippen LogP contribution in [0, 0.1) is 10.1 Å². The number of hydrogen-bond donors (Lipinski definition) is 1. The summed E-state index contributed by atoms with van der Waals surface area (Å²) in [4.78, 5) is 10.5. The third kappa shape index (κ3) is 3.19. The quantitative estimate of drug-likeness (QED) is 0.671. The molecule has 104 valence electrons. The maximum Gasteiger partial charge on any atom is 0.310 e. The minimum Gasteiger partial charge on any atom is -0.497 e. The molecule has 0 saturated heterocycles. The van der Waals surface area contributed by atoms with Crippen LogP contribution < -0.4 is 10.1 Å². The highest BCUT2D eigenvalue weighted by Gasteiger charge is 2.17. The van der Waals surface area contributed by atoms with Crippen molar-refractivity contribution in [3.05, 3.63) is 63.2 Å². The number of nitrogens with zero attached hydrogens (tertiary/aromatic N) is 1. The van der Waals surface area contributed by atoms with Gasteiger partial charge in [-0.1, -0.05) is 29.8 Å². The van der Waals surface area contributed by atoms with Gasteiger partial charge in [0, 0.05) is 6.54 Å². The van der Waals surface area contributed by atoms with Crippen molar-refractivity contribution in [1.82, 2.24) is 0 Å². The van der Waals surface area contributed by atoms with Gasteiger partial charge in [-0.3, -0.25) is 10.1 Å². The molecule has 0 aliphatic carbocycles. The van der Waals surface area contributed by atoms with Crippen molar-refractivity contribution in [2.75, 3.05) is 12.4 Å². The first-order chi connectivity index (χ1) is 9.61. The van der Waals surface area contributed by atoms with Crippen LogP contribution in [0.25, 0.3) is 0 Å². The molecule has 2 rings (SSSR count). The van der Waals surface area contributed by atoms with E-state index in [0.29, 0.717) is 12.2 Å². The largest absolute Gasteiger partial charge is 0.497 e. The van der Waals surface area contributed by atoms with Crippen LogP contribution in [0.5, 0.6) is 5.75 Å². The van der Waals surface area contributed by atoms with E-state index in [9.17, 15) is 10.1 Å². The van der Waals surface area contributed by atoms with Gasteiger partial charge in [0.1, 0.15) is 16.5 Å². The van der Waals surface area contributed by atoms with Gasteiger partial charge in [0.15, 0.2) is 0 Å². The fourth-order valence-corrected chi connectivity index (χ4v) is 2.03. The third-order valence-corrected chi connectivity index (χ3v) is 3.12. The standard InChI is InChI=1S/C14H13ClN2O3/c1-20-11-7-5-10(6-8-11)9-16-13-4-2-3-12(15)14(13)17(18)19/h2-8,16H,9H2,1H3. The molecule has 0 bridgehead atoms. The van der Waals surface area contributed by atoms with Gasteiger partial charge in [0.05, 0.1) is 12.0 Å². The summed E-state index contributed by atoms with van der Waals surface area (Å²) < 4.78 is 5.07. The van der Waals surface area contributed by atoms with Crippen molar-refractivity contribution >= 4 is 23.0 Å². The van der Waals surface area contributed by atoms with E-state index in [2.05, 4.69) is 5.32 Å². The number of anilines is 1. The van der Waals surface area contributed by atoms with Crippen molar-refractivity contribution in [3.8, 4) is 5.75 Å². The lowest BCUT2D eigenvalue weighted by atomic mass is 10.2. The van der Waals surface area contributed by atoms with Gasteiger partial charge in [0.2, 0.25) is 0 Å². The Balaban J connectivity index is 2.14. The second-order valence-electron chi connectivity index (χ2n) is 4.09. The normalized spacial score (nSPS) is 10.1. The van der Waals surface area contributed by atoms with E-state index in [1.54, 1.807) is 19.2 Å². The molecule has 6 heteroatoms. The highest BCUT2D eigenvalue weighted by Crippen LogP contribution is 2.32. The van der Waals surface area contributed by atoms with E-state index < -0.39 is 4.92 Å². The summed E-state index contributed by atoms with van der Waals surface area (Å²) in [5.74, 6) is 0.766. The Kier molecular flexibility index (Phi) is 4.42. The lowest BCUT2D eigenvalue weighted by Crippen LogP contribution is -2.03. The van der Waals surface area contributed by atoms with Crippen molar-refractivity contribution in [2.24, 2.45) is 0 Å². The Morgan fingerprint density at radius 2 is 1.95 bits per heavy atom. The van der Waals surface area contributed by atoms with Gasteiger partial charge in [-0.25, -0.2) is 0 Å². The van der Waals surface area contributed by atoms with Crippen molar-refractivity contribution in [3.63, 3.8) is 0 Å². The number of nitro groups is 1. The topological polar surface area (TPSA) is 64.4 Å². The third-order valence-electron chi connectivity index (χ3n) is 2.81. The van der Waals surface area contributed by atoms with E-state index in [0.717, 1.165) is 11.3 Å². The number of hydrogen-bond acceptors (Lipinski definition) is 4. The maximum absolute atomic E-state index is 11.0. The van der Waals surface area contributed by atoms with Crippen LogP contribution in [0.1, 0.15) is 5.56 Å². The molecule has 0 spiro atoms. The van der Waals surface area contributed by atoms with Crippen molar-refractivity contribution in [1.29, 1.82) is 0 Å². The minimum atomic E-state index is -0.487. The van der Waals surface area contributed by atoms with Crippen LogP contribution in [-0.2, 0) is 6.54 Å². The van der Waals surface area contributed by atoms with E-state index >= 15 is 0 Å². The summed E-state index contributed by atoms with van der Waals surface area (Å²) in [6.07, 6.45) is 0. The van der Waals surface area contributed by atoms with Crippen LogP contribution in [0.15, 0.2) is 42.5 Å². The lowest BCUT2D eigenvalue weighted by molar-refractivity contribution is -0.383. The number of methoxy groups -OCH3 is 1. The van der Waals surface area contributed by atoms with Crippen LogP contribution in [0.2, 0.25) is 5.02 Å². The lowest BCUT2D eigenvalue weighted by Gasteiger charge is -2.08. The average Bonchev–Trinajstić information content (AvgIpc) is 2.45. The Labute approximate surface area is 121 Å². The average molecular weight is 293 g/mol. The molecule has 2 aromatic carbocycles. The van der Waals surface area contributed by atoms with E-state index in [-0.39, 0.29) is 10.7 Å². The van der Waals surface area contributed by atoms with Crippen LogP contribution in [0.3, 0.4) is 0 Å². The fourth-order valence-electron chi connectivity index (χ4n) is 1.78. The molecule has 1 N–H and O–H groups in total. The Hall–Kier alpha value is -2.27. The molecule has 2 aromatic rings. The molecule has 0 saturated carbocycles. The van der Waals surface area contributed by atoms with Gasteiger partial charge in [-0.05, 0) is 29.8 Å². The molecule has 0 amide bonds. The summed E-state index contributed by atoms with van der Waals surface area (Å²) in [6.45, 7) is 0.463. The SMILES string of the molecule is COc1ccc(CNc2cccc(Cl)c2[N+](=O)[O-])cc1. The molecule has 0 radical (unpaired) electrons. The molecular formula is C14H13ClN2O3. The number of para-hydroxylation sites is 1. The van der Waals surface area contributed by atoms with Gasteiger partial charge in [0.25, 0.3) is 0 Å². The van der Waals surface area contributed by atoms with Gasteiger partial charge >= 0.3 is 5.69 Å². The van der Waals surface area contributed by atoms with Crippen LogP contribution in [-0.4, -0.2) is 12.0 Å². The number of nitrogens with one attached hydrogen (secondary N) is 1. The minimum absolute atomic E-state index is 0.109. The summed E-state index contributed by atoms with van der Waals surface area (Å²) >= 11 is 5.85. The maximum atomic E-state index is 11.0. The van der Waals surface area contributed by atoms with Crippen molar-refractivity contribution < 1.29 is 9.66 Å². The monoisotopic (exact) mass is 292 g/mol. The fraction of sp³-hybridized carbons (Fsp3) is 0.143. The zero-order valence-electron chi connectivity index (χ0n) is 10.8. The van der Waals surface area contributed by atoms with Crippen LogP contribution >= 0.6 is 11.6 Å². The van der Waals surface area contributed by atoms with E-state index in [1.807, 2.05) is 24.3 Å². The molecule has 0 unspecified atom stereocenters. The molecule has 5 nitrogen and oxygen atoms in total. The highest BCUT2D eigenvalue weighted by molar-refractivity contribution is 6.33. The van der Waals surface area contributed by atoms with E-state index in [1.165, 1.54) is 6.07 Å². The number of rotatable bonds is 5. The first-order valence-corrected chi connectivity index (χ1v) is 6.29. The first kappa shape index (κ1) is 14.1. The molecule has 0 aromatic heterocycles. The Morgan fingerprint density at radius 3 is 2.55 bits per heavy atom. The molecular weight excluding hydrogens is 280 g/mol. The highest BCUT2D eigenvalue weighted by atomic mass is 35.5. The molecule has 20 heavy (non-hydrogen) atoms. The molecule has 0 heterocycles. The Bertz CT molecular complexity index is 614. The summed E-state index contributed by atoms with van der Waals surface area (Å²) in [6, 6.07) is 12.3. The van der Waals surface area contributed by atoms with Gasteiger partial charge < -0.3 is 10.1 Å². The smallest absolute Gasteiger partial charge is 0.310 e. The van der Waals surface area contributed by atoms with E-state index in [4.69, 9.17) is 16.3 Å². The number of halogens is 1. The molecule has 0 aliphatic heterocycles. The van der Waals surface area contributed by atoms with Crippen LogP contribution in [0.4, 0.5) is 11.4 Å². The number of ether oxygens (including phenoxy) is 1. The zero-order chi connectivity index (χ0) is 14.5. The second-order valence-corrected chi connectivity index (χ2v) is 4.50. The number of benzene rings is 2. The summed E-state index contributed by atoms with van der Waals surface area (Å²) in [7, 11) is 1.60. The summed E-state index contributed by atoms with van der Waals surface area (Å²) in [5.41, 5.74) is 1.28. The van der Waals surface area contributed by atoms with Gasteiger partial charge in [-0.2, -0.15) is 0 Å². The molecule has 0 aliphatic rings. The second kappa shape index (κ2) is 6.25. The zero-order valence-corrected chi connectivity index (χ0v) is 11.6. The summed E-state index contributed by atoms with van der Waals surface area (Å²) in [5, 5.41) is 14.1.